The number of urea groups is 1. The van der Waals surface area contributed by atoms with Gasteiger partial charge < -0.3 is 10.6 Å². The van der Waals surface area contributed by atoms with Gasteiger partial charge in [-0.15, -0.1) is 0 Å². The molecule has 0 aromatic carbocycles. The molecule has 2 N–H and O–H groups in total. The lowest BCUT2D eigenvalue weighted by Gasteiger charge is -2.05. The molecule has 0 bridgehead atoms. The second-order valence-electron chi connectivity index (χ2n) is 3.60. The number of amides is 2. The summed E-state index contributed by atoms with van der Waals surface area (Å²) < 4.78 is 4.96. The minimum absolute atomic E-state index is 0.0952. The lowest BCUT2D eigenvalue weighted by atomic mass is 10.4. The molecule has 15 heavy (non-hydrogen) atoms. The SMILES string of the molecule is O=C(NCc1sncc1Br)NCC1CC1. The molecule has 1 aliphatic carbocycles. The highest BCUT2D eigenvalue weighted by Crippen LogP contribution is 2.27. The zero-order chi connectivity index (χ0) is 10.7. The number of carbonyl (C=O) groups excluding carboxylic acids is 1. The van der Waals surface area contributed by atoms with Crippen LogP contribution in [0, 0.1) is 5.92 Å². The summed E-state index contributed by atoms with van der Waals surface area (Å²) in [5.74, 6) is 0.714. The lowest BCUT2D eigenvalue weighted by Crippen LogP contribution is -2.36. The fraction of sp³-hybridized carbons (Fsp3) is 0.556. The first-order chi connectivity index (χ1) is 7.25. The van der Waals surface area contributed by atoms with Crippen LogP contribution in [0.15, 0.2) is 10.7 Å². The molecule has 6 heteroatoms. The summed E-state index contributed by atoms with van der Waals surface area (Å²) in [6.45, 7) is 1.33. The Hall–Kier alpha value is -0.620. The standard InChI is InChI=1S/C9H12BrN3OS/c10-7-4-13-15-8(7)5-12-9(14)11-3-6-1-2-6/h4,6H,1-3,5H2,(H2,11,12,14). The summed E-state index contributed by atoms with van der Waals surface area (Å²) in [6, 6.07) is -0.0952. The maximum atomic E-state index is 11.3. The molecule has 1 aliphatic rings. The molecule has 0 atom stereocenters. The molecule has 0 unspecified atom stereocenters. The molecule has 0 aliphatic heterocycles. The molecule has 1 aromatic heterocycles. The van der Waals surface area contributed by atoms with Crippen molar-refractivity contribution in [2.45, 2.75) is 19.4 Å². The molecule has 2 amide bonds. The molecule has 0 saturated heterocycles. The minimum Gasteiger partial charge on any atom is -0.338 e. The third-order valence-electron chi connectivity index (χ3n) is 2.25. The normalized spacial score (nSPS) is 15.0. The van der Waals surface area contributed by atoms with Gasteiger partial charge in [-0.05, 0) is 46.2 Å². The van der Waals surface area contributed by atoms with Gasteiger partial charge in [0.2, 0.25) is 0 Å². The van der Waals surface area contributed by atoms with E-state index in [4.69, 9.17) is 0 Å². The zero-order valence-electron chi connectivity index (χ0n) is 8.12. The second kappa shape index (κ2) is 4.94. The second-order valence-corrected chi connectivity index (χ2v) is 5.34. The summed E-state index contributed by atoms with van der Waals surface area (Å²) in [6.07, 6.45) is 4.24. The molecule has 1 heterocycles. The smallest absolute Gasteiger partial charge is 0.315 e. The number of carbonyl (C=O) groups is 1. The Morgan fingerprint density at radius 3 is 3.00 bits per heavy atom. The minimum atomic E-state index is -0.0952. The van der Waals surface area contributed by atoms with Gasteiger partial charge in [0.1, 0.15) is 0 Å². The van der Waals surface area contributed by atoms with E-state index < -0.39 is 0 Å². The number of halogens is 1. The summed E-state index contributed by atoms with van der Waals surface area (Å²) in [7, 11) is 0. The highest BCUT2D eigenvalue weighted by atomic mass is 79.9. The predicted molar refractivity (Wildman–Crippen MR) is 62.8 cm³/mol. The van der Waals surface area contributed by atoms with Crippen LogP contribution in [0.5, 0.6) is 0 Å². The summed E-state index contributed by atoms with van der Waals surface area (Å²) >= 11 is 4.75. The van der Waals surface area contributed by atoms with Crippen LogP contribution in [-0.4, -0.2) is 16.9 Å². The monoisotopic (exact) mass is 289 g/mol. The highest BCUT2D eigenvalue weighted by molar-refractivity contribution is 9.10. The Bertz CT molecular complexity index is 351. The van der Waals surface area contributed by atoms with Crippen molar-refractivity contribution in [1.29, 1.82) is 0 Å². The molecule has 1 fully saturated rings. The Morgan fingerprint density at radius 1 is 1.60 bits per heavy atom. The van der Waals surface area contributed by atoms with E-state index in [0.717, 1.165) is 15.9 Å². The molecule has 82 valence electrons. The van der Waals surface area contributed by atoms with Gasteiger partial charge in [-0.1, -0.05) is 0 Å². The maximum Gasteiger partial charge on any atom is 0.315 e. The van der Waals surface area contributed by atoms with E-state index in [1.807, 2.05) is 0 Å². The number of rotatable bonds is 4. The predicted octanol–water partition coefficient (Wildman–Crippen LogP) is 2.11. The van der Waals surface area contributed by atoms with E-state index in [0.29, 0.717) is 12.5 Å². The van der Waals surface area contributed by atoms with Gasteiger partial charge in [0.15, 0.2) is 0 Å². The number of hydrogen-bond acceptors (Lipinski definition) is 3. The average molecular weight is 290 g/mol. The van der Waals surface area contributed by atoms with Crippen LogP contribution in [-0.2, 0) is 6.54 Å². The fourth-order valence-electron chi connectivity index (χ4n) is 1.15. The third kappa shape index (κ3) is 3.46. The number of aromatic nitrogens is 1. The van der Waals surface area contributed by atoms with Gasteiger partial charge in [-0.25, -0.2) is 4.79 Å². The number of nitrogens with one attached hydrogen (secondary N) is 2. The van der Waals surface area contributed by atoms with E-state index in [9.17, 15) is 4.79 Å². The van der Waals surface area contributed by atoms with Crippen LogP contribution in [0.4, 0.5) is 4.79 Å². The van der Waals surface area contributed by atoms with Gasteiger partial charge in [0.25, 0.3) is 0 Å². The van der Waals surface area contributed by atoms with Crippen molar-refractivity contribution in [3.8, 4) is 0 Å². The molecule has 0 spiro atoms. The molecule has 0 radical (unpaired) electrons. The number of nitrogens with zero attached hydrogens (tertiary/aromatic N) is 1. The largest absolute Gasteiger partial charge is 0.338 e. The Labute approximate surface area is 101 Å². The molecule has 1 saturated carbocycles. The Morgan fingerprint density at radius 2 is 2.40 bits per heavy atom. The lowest BCUT2D eigenvalue weighted by molar-refractivity contribution is 0.240. The van der Waals surface area contributed by atoms with Crippen molar-refractivity contribution < 1.29 is 4.79 Å². The first kappa shape index (κ1) is 10.9. The fourth-order valence-corrected chi connectivity index (χ4v) is 2.31. The third-order valence-corrected chi connectivity index (χ3v) is 3.99. The van der Waals surface area contributed by atoms with E-state index >= 15 is 0 Å². The van der Waals surface area contributed by atoms with Crippen LogP contribution in [0.1, 0.15) is 17.7 Å². The Balaban J connectivity index is 1.68. The van der Waals surface area contributed by atoms with Crippen molar-refractivity contribution in [3.05, 3.63) is 15.5 Å². The summed E-state index contributed by atoms with van der Waals surface area (Å²) in [5.41, 5.74) is 0. The number of hydrogen-bond donors (Lipinski definition) is 2. The topological polar surface area (TPSA) is 54.0 Å². The highest BCUT2D eigenvalue weighted by Gasteiger charge is 2.21. The van der Waals surface area contributed by atoms with Crippen LogP contribution in [0.25, 0.3) is 0 Å². The van der Waals surface area contributed by atoms with Crippen molar-refractivity contribution >= 4 is 33.5 Å². The van der Waals surface area contributed by atoms with Gasteiger partial charge >= 0.3 is 6.03 Å². The first-order valence-corrected chi connectivity index (χ1v) is 6.43. The van der Waals surface area contributed by atoms with Crippen molar-refractivity contribution in [2.24, 2.45) is 5.92 Å². The molecule has 2 rings (SSSR count). The quantitative estimate of drug-likeness (QED) is 0.892. The Kier molecular flexibility index (Phi) is 3.58. The average Bonchev–Trinajstić information content (AvgIpc) is 2.96. The first-order valence-electron chi connectivity index (χ1n) is 4.86. The van der Waals surface area contributed by atoms with Gasteiger partial charge in [-0.2, -0.15) is 4.37 Å². The van der Waals surface area contributed by atoms with Crippen molar-refractivity contribution in [1.82, 2.24) is 15.0 Å². The molecular formula is C9H12BrN3OS. The van der Waals surface area contributed by atoms with E-state index in [1.165, 1.54) is 24.4 Å². The van der Waals surface area contributed by atoms with E-state index in [2.05, 4.69) is 30.9 Å². The van der Waals surface area contributed by atoms with Crippen LogP contribution < -0.4 is 10.6 Å². The zero-order valence-corrected chi connectivity index (χ0v) is 10.5. The molecule has 1 aromatic rings. The van der Waals surface area contributed by atoms with E-state index in [1.54, 1.807) is 6.20 Å². The summed E-state index contributed by atoms with van der Waals surface area (Å²) in [5, 5.41) is 5.64. The molecular weight excluding hydrogens is 278 g/mol. The maximum absolute atomic E-state index is 11.3. The van der Waals surface area contributed by atoms with Crippen LogP contribution in [0.2, 0.25) is 0 Å². The van der Waals surface area contributed by atoms with Crippen molar-refractivity contribution in [3.63, 3.8) is 0 Å². The van der Waals surface area contributed by atoms with Crippen LogP contribution in [0.3, 0.4) is 0 Å². The van der Waals surface area contributed by atoms with Crippen molar-refractivity contribution in [2.75, 3.05) is 6.54 Å². The van der Waals surface area contributed by atoms with Gasteiger partial charge in [0, 0.05) is 6.54 Å². The van der Waals surface area contributed by atoms with E-state index in [-0.39, 0.29) is 6.03 Å². The molecule has 4 nitrogen and oxygen atoms in total. The summed E-state index contributed by atoms with van der Waals surface area (Å²) in [4.78, 5) is 12.4. The van der Waals surface area contributed by atoms with Crippen LogP contribution >= 0.6 is 27.5 Å². The van der Waals surface area contributed by atoms with Gasteiger partial charge in [-0.3, -0.25) is 0 Å². The van der Waals surface area contributed by atoms with Gasteiger partial charge in [0.05, 0.1) is 22.1 Å².